The molecule has 1 amide bonds. The molecule has 2 aromatic rings. The first-order valence-corrected chi connectivity index (χ1v) is 8.02. The van der Waals surface area contributed by atoms with Crippen molar-refractivity contribution >= 4 is 29.3 Å². The van der Waals surface area contributed by atoms with Gasteiger partial charge in [0.25, 0.3) is 0 Å². The number of carbonyl (C=O) groups is 2. The third-order valence-electron chi connectivity index (χ3n) is 3.59. The average molecular weight is 331 g/mol. The van der Waals surface area contributed by atoms with Crippen LogP contribution in [0.5, 0.6) is 0 Å². The summed E-state index contributed by atoms with van der Waals surface area (Å²) in [7, 11) is 1.32. The molecule has 1 aliphatic heterocycles. The van der Waals surface area contributed by atoms with Crippen molar-refractivity contribution in [2.45, 2.75) is 5.37 Å². The Morgan fingerprint density at radius 3 is 2.43 bits per heavy atom. The molecule has 1 heterocycles. The minimum atomic E-state index is -0.422. The van der Waals surface area contributed by atoms with Crippen LogP contribution in [0.4, 0.5) is 10.1 Å². The minimum Gasteiger partial charge on any atom is -0.465 e. The molecule has 0 N–H and O–H groups in total. The third-order valence-corrected chi connectivity index (χ3v) is 4.80. The molecule has 3 rings (SSSR count). The van der Waals surface area contributed by atoms with Crippen LogP contribution in [0.2, 0.25) is 0 Å². The van der Waals surface area contributed by atoms with Crippen LogP contribution < -0.4 is 4.90 Å². The summed E-state index contributed by atoms with van der Waals surface area (Å²) in [5, 5.41) is -0.202. The van der Waals surface area contributed by atoms with Crippen LogP contribution in [-0.4, -0.2) is 24.7 Å². The fourth-order valence-corrected chi connectivity index (χ4v) is 3.63. The van der Waals surface area contributed by atoms with E-state index >= 15 is 0 Å². The van der Waals surface area contributed by atoms with E-state index in [0.717, 1.165) is 5.56 Å². The number of halogens is 1. The molecule has 0 saturated carbocycles. The SMILES string of the molecule is COC(=O)c1ccc(N2C(=O)CSC2c2ccc(F)cc2)cc1. The zero-order valence-corrected chi connectivity index (χ0v) is 13.2. The summed E-state index contributed by atoms with van der Waals surface area (Å²) in [5.74, 6) is -0.387. The standard InChI is InChI=1S/C17H14FNO3S/c1-22-17(21)12-4-8-14(9-5-12)19-15(20)10-23-16(19)11-2-6-13(18)7-3-11/h2-9,16H,10H2,1H3. The number of hydrogen-bond donors (Lipinski definition) is 0. The first kappa shape index (κ1) is 15.6. The summed E-state index contributed by atoms with van der Waals surface area (Å²) in [6.45, 7) is 0. The highest BCUT2D eigenvalue weighted by Crippen LogP contribution is 2.41. The zero-order valence-electron chi connectivity index (χ0n) is 12.4. The van der Waals surface area contributed by atoms with E-state index in [-0.39, 0.29) is 17.1 Å². The van der Waals surface area contributed by atoms with E-state index in [4.69, 9.17) is 0 Å². The van der Waals surface area contributed by atoms with Crippen LogP contribution in [0.25, 0.3) is 0 Å². The van der Waals surface area contributed by atoms with Gasteiger partial charge in [-0.1, -0.05) is 12.1 Å². The van der Waals surface area contributed by atoms with Crippen molar-refractivity contribution in [3.63, 3.8) is 0 Å². The van der Waals surface area contributed by atoms with Crippen LogP contribution >= 0.6 is 11.8 Å². The van der Waals surface area contributed by atoms with Crippen molar-refractivity contribution in [1.82, 2.24) is 0 Å². The van der Waals surface area contributed by atoms with E-state index in [1.54, 1.807) is 41.3 Å². The molecule has 1 saturated heterocycles. The third kappa shape index (κ3) is 3.07. The van der Waals surface area contributed by atoms with E-state index < -0.39 is 5.97 Å². The summed E-state index contributed by atoms with van der Waals surface area (Å²) in [6.07, 6.45) is 0. The number of thioether (sulfide) groups is 1. The highest BCUT2D eigenvalue weighted by molar-refractivity contribution is 8.00. The minimum absolute atomic E-state index is 0.0184. The Morgan fingerprint density at radius 2 is 1.83 bits per heavy atom. The predicted octanol–water partition coefficient (Wildman–Crippen LogP) is 3.39. The molecule has 1 fully saturated rings. The Labute approximate surface area is 137 Å². The molecule has 1 aliphatic rings. The van der Waals surface area contributed by atoms with Gasteiger partial charge in [0, 0.05) is 5.69 Å². The second-order valence-corrected chi connectivity index (χ2v) is 6.09. The summed E-state index contributed by atoms with van der Waals surface area (Å²) >= 11 is 1.49. The van der Waals surface area contributed by atoms with Crippen LogP contribution in [0.1, 0.15) is 21.3 Å². The van der Waals surface area contributed by atoms with Gasteiger partial charge >= 0.3 is 5.97 Å². The molecule has 2 aromatic carbocycles. The van der Waals surface area contributed by atoms with Crippen LogP contribution in [0.3, 0.4) is 0 Å². The number of esters is 1. The van der Waals surface area contributed by atoms with Crippen LogP contribution in [-0.2, 0) is 9.53 Å². The number of rotatable bonds is 3. The Bertz CT molecular complexity index is 731. The Morgan fingerprint density at radius 1 is 1.17 bits per heavy atom. The first-order valence-electron chi connectivity index (χ1n) is 6.97. The van der Waals surface area contributed by atoms with Crippen molar-refractivity contribution in [2.24, 2.45) is 0 Å². The molecular weight excluding hydrogens is 317 g/mol. The monoisotopic (exact) mass is 331 g/mol. The van der Waals surface area contributed by atoms with Crippen molar-refractivity contribution < 1.29 is 18.7 Å². The molecular formula is C17H14FNO3S. The maximum absolute atomic E-state index is 13.1. The normalized spacial score (nSPS) is 17.4. The van der Waals surface area contributed by atoms with Crippen molar-refractivity contribution in [3.8, 4) is 0 Å². The van der Waals surface area contributed by atoms with Crippen molar-refractivity contribution in [2.75, 3.05) is 17.8 Å². The fourth-order valence-electron chi connectivity index (χ4n) is 2.45. The van der Waals surface area contributed by atoms with Crippen LogP contribution in [0, 0.1) is 5.82 Å². The van der Waals surface area contributed by atoms with Crippen molar-refractivity contribution in [3.05, 3.63) is 65.5 Å². The van der Waals surface area contributed by atoms with Gasteiger partial charge in [-0.15, -0.1) is 11.8 Å². The zero-order chi connectivity index (χ0) is 16.4. The molecule has 4 nitrogen and oxygen atoms in total. The molecule has 0 radical (unpaired) electrons. The highest BCUT2D eigenvalue weighted by atomic mass is 32.2. The van der Waals surface area contributed by atoms with Gasteiger partial charge in [-0.2, -0.15) is 0 Å². The van der Waals surface area contributed by atoms with E-state index in [2.05, 4.69) is 4.74 Å². The second kappa shape index (κ2) is 6.42. The lowest BCUT2D eigenvalue weighted by Crippen LogP contribution is -2.27. The van der Waals surface area contributed by atoms with Gasteiger partial charge in [0.2, 0.25) is 5.91 Å². The largest absolute Gasteiger partial charge is 0.465 e. The van der Waals surface area contributed by atoms with Crippen LogP contribution in [0.15, 0.2) is 48.5 Å². The topological polar surface area (TPSA) is 46.6 Å². The maximum Gasteiger partial charge on any atom is 0.337 e. The molecule has 6 heteroatoms. The summed E-state index contributed by atoms with van der Waals surface area (Å²) in [6, 6.07) is 12.8. The molecule has 0 aromatic heterocycles. The molecule has 118 valence electrons. The van der Waals surface area contributed by atoms with Gasteiger partial charge in [0.15, 0.2) is 0 Å². The van der Waals surface area contributed by atoms with E-state index in [0.29, 0.717) is 17.0 Å². The maximum atomic E-state index is 13.1. The van der Waals surface area contributed by atoms with E-state index in [1.165, 1.54) is 31.0 Å². The van der Waals surface area contributed by atoms with Gasteiger partial charge in [-0.05, 0) is 42.0 Å². The lowest BCUT2D eigenvalue weighted by molar-refractivity contribution is -0.115. The van der Waals surface area contributed by atoms with Crippen molar-refractivity contribution in [1.29, 1.82) is 0 Å². The van der Waals surface area contributed by atoms with Gasteiger partial charge in [0.1, 0.15) is 11.2 Å². The smallest absolute Gasteiger partial charge is 0.337 e. The Balaban J connectivity index is 1.90. The van der Waals surface area contributed by atoms with Gasteiger partial charge in [-0.25, -0.2) is 9.18 Å². The molecule has 1 unspecified atom stereocenters. The number of carbonyl (C=O) groups excluding carboxylic acids is 2. The van der Waals surface area contributed by atoms with E-state index in [1.807, 2.05) is 0 Å². The summed E-state index contributed by atoms with van der Waals surface area (Å²) < 4.78 is 17.8. The Kier molecular flexibility index (Phi) is 4.34. The van der Waals surface area contributed by atoms with Gasteiger partial charge in [0.05, 0.1) is 18.4 Å². The number of amides is 1. The van der Waals surface area contributed by atoms with E-state index in [9.17, 15) is 14.0 Å². The highest BCUT2D eigenvalue weighted by Gasteiger charge is 2.34. The number of hydrogen-bond acceptors (Lipinski definition) is 4. The molecule has 1 atom stereocenters. The number of benzene rings is 2. The number of methoxy groups -OCH3 is 1. The fraction of sp³-hybridized carbons (Fsp3) is 0.176. The predicted molar refractivity (Wildman–Crippen MR) is 86.9 cm³/mol. The summed E-state index contributed by atoms with van der Waals surface area (Å²) in [4.78, 5) is 25.4. The first-order chi connectivity index (χ1) is 11.1. The second-order valence-electron chi connectivity index (χ2n) is 5.02. The number of nitrogens with zero attached hydrogens (tertiary/aromatic N) is 1. The molecule has 23 heavy (non-hydrogen) atoms. The number of anilines is 1. The number of ether oxygens (including phenoxy) is 1. The van der Waals surface area contributed by atoms with Gasteiger partial charge < -0.3 is 4.74 Å². The lowest BCUT2D eigenvalue weighted by Gasteiger charge is -2.24. The average Bonchev–Trinajstić information content (AvgIpc) is 2.96. The lowest BCUT2D eigenvalue weighted by atomic mass is 10.1. The molecule has 0 aliphatic carbocycles. The quantitative estimate of drug-likeness (QED) is 0.809. The molecule has 0 bridgehead atoms. The molecule has 0 spiro atoms. The summed E-state index contributed by atoms with van der Waals surface area (Å²) in [5.41, 5.74) is 1.98. The van der Waals surface area contributed by atoms with Gasteiger partial charge in [-0.3, -0.25) is 9.69 Å². The Hall–Kier alpha value is -2.34.